The molecule has 3 heterocycles. The number of carbonyl (C=O) groups excluding carboxylic acids is 4. The summed E-state index contributed by atoms with van der Waals surface area (Å²) in [4.78, 5) is 63.2. The van der Waals surface area contributed by atoms with Crippen LogP contribution in [-0.2, 0) is 35.6 Å². The van der Waals surface area contributed by atoms with Gasteiger partial charge in [0.1, 0.15) is 35.2 Å². The molecule has 4 fully saturated rings. The number of benzene rings is 2. The van der Waals surface area contributed by atoms with Gasteiger partial charge >= 0.3 is 6.09 Å². The number of aryl methyl sites for hydroxylation is 1. The summed E-state index contributed by atoms with van der Waals surface area (Å²) in [6.07, 6.45) is 6.48. The molecule has 2 aliphatic heterocycles. The van der Waals surface area contributed by atoms with Crippen molar-refractivity contribution in [1.82, 2.24) is 25.2 Å². The zero-order chi connectivity index (χ0) is 42.6. The molecular weight excluding hydrogens is 791 g/mol. The highest BCUT2D eigenvalue weighted by molar-refractivity contribution is 7.91. The average molecular weight is 846 g/mol. The molecule has 16 heteroatoms. The van der Waals surface area contributed by atoms with Crippen molar-refractivity contribution in [3.8, 4) is 17.4 Å². The molecule has 3 N–H and O–H groups in total. The summed E-state index contributed by atoms with van der Waals surface area (Å²) >= 11 is 0. The Kier molecular flexibility index (Phi) is 11.1. The highest BCUT2D eigenvalue weighted by Crippen LogP contribution is 2.46. The molecule has 5 aliphatic rings. The van der Waals surface area contributed by atoms with Crippen molar-refractivity contribution < 1.29 is 46.5 Å². The van der Waals surface area contributed by atoms with E-state index < -0.39 is 68.7 Å². The number of cyclic esters (lactones) is 1. The Bertz CT molecular complexity index is 2340. The maximum absolute atomic E-state index is 14.9. The highest BCUT2D eigenvalue weighted by atomic mass is 32.2. The zero-order valence-electron chi connectivity index (χ0n) is 34.7. The minimum atomic E-state index is -3.92. The third kappa shape index (κ3) is 8.18. The molecule has 60 heavy (non-hydrogen) atoms. The van der Waals surface area contributed by atoms with Gasteiger partial charge in [0.25, 0.3) is 5.91 Å². The molecule has 5 atom stereocenters. The van der Waals surface area contributed by atoms with Crippen LogP contribution in [0.5, 0.6) is 17.4 Å². The van der Waals surface area contributed by atoms with Gasteiger partial charge in [0.2, 0.25) is 27.7 Å². The number of fused-ring (bicyclic) bond motifs is 5. The number of nitrogens with zero attached hydrogens (tertiary/aromatic N) is 2. The Morgan fingerprint density at radius 1 is 1.02 bits per heavy atom. The number of aromatic nitrogens is 1. The lowest BCUT2D eigenvalue weighted by molar-refractivity contribution is -0.142. The molecule has 1 aromatic heterocycles. The molecule has 322 valence electrons. The van der Waals surface area contributed by atoms with Crippen molar-refractivity contribution in [2.45, 2.75) is 113 Å². The molecule has 0 radical (unpaired) electrons. The number of sulfonamides is 1. The van der Waals surface area contributed by atoms with Gasteiger partial charge < -0.3 is 34.5 Å². The van der Waals surface area contributed by atoms with Gasteiger partial charge in [-0.15, -0.1) is 6.58 Å². The predicted octanol–water partition coefficient (Wildman–Crippen LogP) is 5.07. The second kappa shape index (κ2) is 16.1. The number of carbonyl (C=O) groups is 4. The van der Waals surface area contributed by atoms with Crippen LogP contribution in [0, 0.1) is 17.3 Å². The van der Waals surface area contributed by atoms with Gasteiger partial charge in [0.15, 0.2) is 0 Å². The van der Waals surface area contributed by atoms with Gasteiger partial charge in [-0.3, -0.25) is 19.1 Å². The van der Waals surface area contributed by atoms with Gasteiger partial charge in [0, 0.05) is 34.6 Å². The molecule has 2 aromatic carbocycles. The Hall–Kier alpha value is -5.12. The minimum Gasteiger partial charge on any atom is -0.497 e. The number of hydrogen-bond donors (Lipinski definition) is 3. The monoisotopic (exact) mass is 845 g/mol. The largest absolute Gasteiger partial charge is 0.497 e. The van der Waals surface area contributed by atoms with Crippen LogP contribution in [0.15, 0.2) is 43.0 Å². The summed E-state index contributed by atoms with van der Waals surface area (Å²) in [6.45, 7) is 7.97. The molecular formula is C44H55N5O10S. The van der Waals surface area contributed by atoms with Crippen molar-refractivity contribution in [1.29, 1.82) is 0 Å². The van der Waals surface area contributed by atoms with Crippen molar-refractivity contribution >= 4 is 55.5 Å². The molecule has 0 unspecified atom stereocenters. The van der Waals surface area contributed by atoms with Crippen LogP contribution in [-0.4, -0.2) is 98.5 Å². The standard InChI is InChI=1S/C44H55N5O10S/c1-6-27-22-44(27,41(52)48-60(54,55)30-14-15-30)47-38(50)35-20-29-23-49(35)40(51)37(25-10-7-8-11-25)46-42(53)58-24-43(2,3)17-9-12-26-18-33-32(21-36(26)57-5)31-16-13-28(56-4)19-34(31)45-39(33)59-29/h6,13,16,18-19,21,25,27,29-30,35,37H,1,7-12,14-15,17,20,22-24H2,2-5H3,(H,46,53)(H,47,50)(H,48,52)/t27-,29+,35-,37-,44+/m0/s1. The third-order valence-electron chi connectivity index (χ3n) is 13.0. The first-order valence-corrected chi connectivity index (χ1v) is 22.6. The van der Waals surface area contributed by atoms with Crippen molar-refractivity contribution in [3.05, 3.63) is 48.6 Å². The SMILES string of the molecule is C=C[C@H]1C[C@]1(NC(=O)[C@@H]1C[C@@H]2CN1C(=O)[C@H](C1CCCC1)NC(=O)OCC(C)(C)CCCc1cc3c(nc4cc(OC)ccc4c3cc1OC)O2)C(=O)NS(=O)(=O)C1CC1. The molecule has 1 saturated heterocycles. The quantitative estimate of drug-likeness (QED) is 0.193. The van der Waals surface area contributed by atoms with Crippen LogP contribution in [0.4, 0.5) is 4.79 Å². The van der Waals surface area contributed by atoms with Crippen LogP contribution in [0.1, 0.15) is 83.6 Å². The summed E-state index contributed by atoms with van der Waals surface area (Å²) < 4.78 is 51.9. The maximum Gasteiger partial charge on any atom is 0.407 e. The Morgan fingerprint density at radius 2 is 1.78 bits per heavy atom. The van der Waals surface area contributed by atoms with E-state index in [0.717, 1.165) is 47.4 Å². The zero-order valence-corrected chi connectivity index (χ0v) is 35.5. The average Bonchev–Trinajstić information content (AvgIpc) is 4.10. The van der Waals surface area contributed by atoms with Gasteiger partial charge in [-0.05, 0) is 92.5 Å². The van der Waals surface area contributed by atoms with E-state index >= 15 is 0 Å². The van der Waals surface area contributed by atoms with Crippen LogP contribution in [0.25, 0.3) is 21.7 Å². The van der Waals surface area contributed by atoms with E-state index in [0.29, 0.717) is 55.0 Å². The summed E-state index contributed by atoms with van der Waals surface area (Å²) in [5, 5.41) is 7.52. The van der Waals surface area contributed by atoms with E-state index in [-0.39, 0.29) is 37.3 Å². The molecule has 3 aromatic rings. The number of methoxy groups -OCH3 is 2. The first-order valence-electron chi connectivity index (χ1n) is 21.0. The molecule has 8 rings (SSSR count). The number of alkyl carbamates (subject to hydrolysis) is 1. The molecule has 15 nitrogen and oxygen atoms in total. The number of ether oxygens (including phenoxy) is 4. The van der Waals surface area contributed by atoms with Crippen LogP contribution >= 0.6 is 0 Å². The number of pyridine rings is 1. The van der Waals surface area contributed by atoms with E-state index in [4.69, 9.17) is 23.9 Å². The summed E-state index contributed by atoms with van der Waals surface area (Å²) in [6, 6.07) is 7.50. The van der Waals surface area contributed by atoms with Crippen LogP contribution < -0.4 is 29.6 Å². The van der Waals surface area contributed by atoms with Crippen LogP contribution in [0.3, 0.4) is 0 Å². The second-order valence-electron chi connectivity index (χ2n) is 17.9. The predicted molar refractivity (Wildman–Crippen MR) is 223 cm³/mol. The first-order chi connectivity index (χ1) is 28.6. The molecule has 3 saturated carbocycles. The topological polar surface area (TPSA) is 192 Å². The number of rotatable bonds is 9. The van der Waals surface area contributed by atoms with Crippen LogP contribution in [0.2, 0.25) is 0 Å². The lowest BCUT2D eigenvalue weighted by atomic mass is 9.87. The van der Waals surface area contributed by atoms with Gasteiger partial charge in [-0.1, -0.05) is 32.8 Å². The number of hydrogen-bond acceptors (Lipinski definition) is 11. The van der Waals surface area contributed by atoms with Gasteiger partial charge in [0.05, 0.1) is 38.1 Å². The fourth-order valence-corrected chi connectivity index (χ4v) is 10.7. The lowest BCUT2D eigenvalue weighted by Crippen LogP contribution is -2.59. The summed E-state index contributed by atoms with van der Waals surface area (Å²) in [5.74, 6) is -1.06. The van der Waals surface area contributed by atoms with Gasteiger partial charge in [-0.25, -0.2) is 18.2 Å². The molecule has 3 aliphatic carbocycles. The lowest BCUT2D eigenvalue weighted by Gasteiger charge is -2.32. The Labute approximate surface area is 350 Å². The Balaban J connectivity index is 1.20. The normalized spacial score (nSPS) is 27.3. The summed E-state index contributed by atoms with van der Waals surface area (Å²) in [7, 11) is -0.703. The second-order valence-corrected chi connectivity index (χ2v) is 19.9. The van der Waals surface area contributed by atoms with E-state index in [2.05, 4.69) is 21.9 Å². The third-order valence-corrected chi connectivity index (χ3v) is 14.9. The molecule has 0 spiro atoms. The van der Waals surface area contributed by atoms with E-state index in [9.17, 15) is 27.6 Å². The van der Waals surface area contributed by atoms with E-state index in [1.807, 2.05) is 44.2 Å². The van der Waals surface area contributed by atoms with Crippen molar-refractivity contribution in [3.63, 3.8) is 0 Å². The van der Waals surface area contributed by atoms with E-state index in [1.54, 1.807) is 14.2 Å². The fourth-order valence-electron chi connectivity index (χ4n) is 9.29. The first kappa shape index (κ1) is 41.6. The summed E-state index contributed by atoms with van der Waals surface area (Å²) in [5.41, 5.74) is -0.403. The van der Waals surface area contributed by atoms with Crippen molar-refractivity contribution in [2.75, 3.05) is 27.4 Å². The Morgan fingerprint density at radius 3 is 2.47 bits per heavy atom. The molecule has 4 amide bonds. The number of amides is 4. The maximum atomic E-state index is 14.9. The molecule has 4 bridgehead atoms. The smallest absolute Gasteiger partial charge is 0.407 e. The van der Waals surface area contributed by atoms with E-state index in [1.165, 1.54) is 11.0 Å². The fraction of sp³-hybridized carbons (Fsp3) is 0.568. The van der Waals surface area contributed by atoms with Crippen molar-refractivity contribution in [2.24, 2.45) is 17.3 Å². The minimum absolute atomic E-state index is 0.0206. The van der Waals surface area contributed by atoms with Gasteiger partial charge in [-0.2, -0.15) is 0 Å². The highest BCUT2D eigenvalue weighted by Gasteiger charge is 2.62. The number of nitrogens with one attached hydrogen (secondary N) is 3.